The summed E-state index contributed by atoms with van der Waals surface area (Å²) in [7, 11) is 0. The molecule has 4 rings (SSSR count). The molecule has 1 aromatic carbocycles. The van der Waals surface area contributed by atoms with Gasteiger partial charge in [-0.3, -0.25) is 4.79 Å². The molecule has 0 saturated carbocycles. The Kier molecular flexibility index (Phi) is 7.20. The van der Waals surface area contributed by atoms with Gasteiger partial charge in [0.2, 0.25) is 0 Å². The molecule has 1 saturated heterocycles. The Morgan fingerprint density at radius 2 is 2.24 bits per heavy atom. The number of hydrogen-bond donors (Lipinski definition) is 2. The summed E-state index contributed by atoms with van der Waals surface area (Å²) < 4.78 is 5.90. The van der Waals surface area contributed by atoms with E-state index in [0.29, 0.717) is 47.8 Å². The molecule has 13 heteroatoms. The number of thiazole rings is 1. The van der Waals surface area contributed by atoms with Gasteiger partial charge in [0, 0.05) is 24.0 Å². The van der Waals surface area contributed by atoms with E-state index in [4.69, 9.17) is 21.9 Å². The molecule has 178 valence electrons. The number of rotatable bonds is 7. The number of carbonyl (C=O) groups is 2. The SMILES string of the molecule is CCOC(=O)c1cccc2nc(N3CC[C@H](NC(=O)c4nc(Cl)c(CC)[nH]4)[C@H](N=[N+]=[N-])C3)sc12. The van der Waals surface area contributed by atoms with E-state index in [0.717, 1.165) is 4.70 Å². The number of aromatic nitrogens is 3. The number of carbonyl (C=O) groups excluding carboxylic acids is 2. The van der Waals surface area contributed by atoms with Gasteiger partial charge in [0.15, 0.2) is 16.1 Å². The predicted molar refractivity (Wildman–Crippen MR) is 130 cm³/mol. The Bertz CT molecular complexity index is 1270. The number of imidazole rings is 1. The van der Waals surface area contributed by atoms with Crippen LogP contribution >= 0.6 is 22.9 Å². The lowest BCUT2D eigenvalue weighted by molar-refractivity contribution is 0.0528. The zero-order chi connectivity index (χ0) is 24.2. The van der Waals surface area contributed by atoms with Gasteiger partial charge in [-0.2, -0.15) is 0 Å². The predicted octanol–water partition coefficient (Wildman–Crippen LogP) is 4.10. The van der Waals surface area contributed by atoms with E-state index in [2.05, 4.69) is 30.3 Å². The molecule has 0 radical (unpaired) electrons. The lowest BCUT2D eigenvalue weighted by Crippen LogP contribution is -2.53. The number of nitrogens with one attached hydrogen (secondary N) is 2. The summed E-state index contributed by atoms with van der Waals surface area (Å²) in [6, 6.07) is 4.44. The molecule has 2 atom stereocenters. The molecule has 0 bridgehead atoms. The Labute approximate surface area is 204 Å². The van der Waals surface area contributed by atoms with Crippen molar-refractivity contribution in [3.8, 4) is 0 Å². The minimum atomic E-state index is -0.518. The maximum atomic E-state index is 12.7. The smallest absolute Gasteiger partial charge is 0.339 e. The molecule has 0 unspecified atom stereocenters. The second-order valence-corrected chi connectivity index (χ2v) is 9.00. The highest BCUT2D eigenvalue weighted by Crippen LogP contribution is 2.33. The van der Waals surface area contributed by atoms with E-state index < -0.39 is 11.9 Å². The van der Waals surface area contributed by atoms with E-state index in [1.54, 1.807) is 19.1 Å². The Morgan fingerprint density at radius 3 is 2.94 bits per heavy atom. The Balaban J connectivity index is 1.52. The van der Waals surface area contributed by atoms with E-state index >= 15 is 0 Å². The van der Waals surface area contributed by atoms with Crippen molar-refractivity contribution in [2.24, 2.45) is 5.11 Å². The number of piperidine rings is 1. The second kappa shape index (κ2) is 10.3. The van der Waals surface area contributed by atoms with Crippen LogP contribution in [0.2, 0.25) is 5.15 Å². The first-order chi connectivity index (χ1) is 16.4. The summed E-state index contributed by atoms with van der Waals surface area (Å²) in [6.07, 6.45) is 1.16. The Morgan fingerprint density at radius 1 is 1.41 bits per heavy atom. The van der Waals surface area contributed by atoms with Crippen LogP contribution in [0.15, 0.2) is 23.3 Å². The molecule has 3 aromatic rings. The molecule has 0 spiro atoms. The highest BCUT2D eigenvalue weighted by Gasteiger charge is 2.32. The number of aromatic amines is 1. The van der Waals surface area contributed by atoms with Gasteiger partial charge in [-0.15, -0.1) is 0 Å². The monoisotopic (exact) mass is 502 g/mol. The molecule has 2 aromatic heterocycles. The minimum absolute atomic E-state index is 0.127. The summed E-state index contributed by atoms with van der Waals surface area (Å²) in [6.45, 7) is 4.90. The number of hydrogen-bond acceptors (Lipinski definition) is 8. The topological polar surface area (TPSA) is 149 Å². The molecule has 34 heavy (non-hydrogen) atoms. The maximum Gasteiger partial charge on any atom is 0.339 e. The fraction of sp³-hybridized carbons (Fsp3) is 0.429. The number of nitrogens with zero attached hydrogens (tertiary/aromatic N) is 6. The van der Waals surface area contributed by atoms with Crippen LogP contribution in [0.4, 0.5) is 5.13 Å². The normalized spacial score (nSPS) is 17.9. The third kappa shape index (κ3) is 4.79. The average molecular weight is 503 g/mol. The molecule has 2 N–H and O–H groups in total. The number of benzene rings is 1. The summed E-state index contributed by atoms with van der Waals surface area (Å²) in [5, 5.41) is 7.81. The van der Waals surface area contributed by atoms with Crippen LogP contribution in [-0.2, 0) is 11.2 Å². The maximum absolute atomic E-state index is 12.7. The van der Waals surface area contributed by atoms with Crippen molar-refractivity contribution in [3.63, 3.8) is 0 Å². The number of esters is 1. The molecule has 11 nitrogen and oxygen atoms in total. The van der Waals surface area contributed by atoms with Gasteiger partial charge in [-0.1, -0.05) is 41.0 Å². The number of anilines is 1. The van der Waals surface area contributed by atoms with Crippen molar-refractivity contribution in [2.75, 3.05) is 24.6 Å². The van der Waals surface area contributed by atoms with Crippen LogP contribution in [0, 0.1) is 0 Å². The molecule has 1 aliphatic heterocycles. The highest BCUT2D eigenvalue weighted by molar-refractivity contribution is 7.22. The molecule has 3 heterocycles. The van der Waals surface area contributed by atoms with Crippen molar-refractivity contribution in [2.45, 2.75) is 38.8 Å². The van der Waals surface area contributed by atoms with E-state index in [9.17, 15) is 9.59 Å². The summed E-state index contributed by atoms with van der Waals surface area (Å²) in [5.74, 6) is -0.667. The van der Waals surface area contributed by atoms with E-state index in [-0.39, 0.29) is 29.6 Å². The first-order valence-corrected chi connectivity index (χ1v) is 12.1. The van der Waals surface area contributed by atoms with Gasteiger partial charge in [0.05, 0.1) is 34.1 Å². The van der Waals surface area contributed by atoms with Gasteiger partial charge in [-0.05, 0) is 37.4 Å². The van der Waals surface area contributed by atoms with Crippen LogP contribution in [0.3, 0.4) is 0 Å². The number of ether oxygens (including phenoxy) is 1. The summed E-state index contributed by atoms with van der Waals surface area (Å²) >= 11 is 7.43. The number of H-pyrrole nitrogens is 1. The first-order valence-electron chi connectivity index (χ1n) is 10.9. The number of azide groups is 1. The van der Waals surface area contributed by atoms with Gasteiger partial charge < -0.3 is 19.9 Å². The summed E-state index contributed by atoms with van der Waals surface area (Å²) in [4.78, 5) is 41.7. The van der Waals surface area contributed by atoms with Crippen LogP contribution < -0.4 is 10.2 Å². The van der Waals surface area contributed by atoms with E-state index in [1.807, 2.05) is 17.9 Å². The fourth-order valence-corrected chi connectivity index (χ4v) is 5.23. The number of amides is 1. The van der Waals surface area contributed by atoms with Crippen LogP contribution in [0.25, 0.3) is 20.7 Å². The largest absolute Gasteiger partial charge is 0.462 e. The minimum Gasteiger partial charge on any atom is -0.462 e. The van der Waals surface area contributed by atoms with Crippen molar-refractivity contribution in [1.29, 1.82) is 0 Å². The quantitative estimate of drug-likeness (QED) is 0.215. The first kappa shape index (κ1) is 23.8. The van der Waals surface area contributed by atoms with E-state index in [1.165, 1.54) is 11.3 Å². The molecular formula is C21H23ClN8O3S. The molecule has 1 amide bonds. The van der Waals surface area contributed by atoms with Gasteiger partial charge in [-0.25, -0.2) is 14.8 Å². The fourth-order valence-electron chi connectivity index (χ4n) is 3.87. The van der Waals surface area contributed by atoms with Crippen molar-refractivity contribution < 1.29 is 14.3 Å². The number of fused-ring (bicyclic) bond motifs is 1. The highest BCUT2D eigenvalue weighted by atomic mass is 35.5. The third-order valence-electron chi connectivity index (χ3n) is 5.56. The van der Waals surface area contributed by atoms with Crippen molar-refractivity contribution >= 4 is 50.2 Å². The van der Waals surface area contributed by atoms with Crippen molar-refractivity contribution in [1.82, 2.24) is 20.3 Å². The lowest BCUT2D eigenvalue weighted by atomic mass is 10.0. The lowest BCUT2D eigenvalue weighted by Gasteiger charge is -2.36. The molecule has 0 aliphatic carbocycles. The average Bonchev–Trinajstić information content (AvgIpc) is 3.43. The standard InChI is InChI=1S/C21H23ClN8O3S/c1-3-12-17(22)27-18(24-12)19(31)25-13-8-9-30(10-15(13)28-29-23)21-26-14-7-5-6-11(16(14)34-21)20(32)33-4-2/h5-7,13,15H,3-4,8-10H2,1-2H3,(H,24,27)(H,25,31)/t13-,15+/m0/s1. The second-order valence-electron chi connectivity index (χ2n) is 7.67. The zero-order valence-electron chi connectivity index (χ0n) is 18.6. The van der Waals surface area contributed by atoms with Gasteiger partial charge >= 0.3 is 5.97 Å². The van der Waals surface area contributed by atoms with Crippen LogP contribution in [0.5, 0.6) is 0 Å². The molecule has 1 aliphatic rings. The summed E-state index contributed by atoms with van der Waals surface area (Å²) in [5.41, 5.74) is 11.0. The molecule has 1 fully saturated rings. The number of aryl methyl sites for hydroxylation is 1. The van der Waals surface area contributed by atoms with Crippen LogP contribution in [-0.4, -0.2) is 58.6 Å². The van der Waals surface area contributed by atoms with Gasteiger partial charge in [0.1, 0.15) is 0 Å². The number of halogens is 1. The van der Waals surface area contributed by atoms with Gasteiger partial charge in [0.25, 0.3) is 5.91 Å². The van der Waals surface area contributed by atoms with Crippen LogP contribution in [0.1, 0.15) is 46.9 Å². The Hall–Kier alpha value is -3.34. The zero-order valence-corrected chi connectivity index (χ0v) is 20.2. The molecular weight excluding hydrogens is 480 g/mol. The van der Waals surface area contributed by atoms with Crippen molar-refractivity contribution in [3.05, 3.63) is 50.9 Å². The third-order valence-corrected chi connectivity index (χ3v) is 7.04.